The molecular weight excluding hydrogens is 396 g/mol. The highest BCUT2D eigenvalue weighted by atomic mass is 32.1. The first kappa shape index (κ1) is 21.8. The van der Waals surface area contributed by atoms with E-state index in [1.165, 1.54) is 37.0 Å². The Kier molecular flexibility index (Phi) is 8.72. The summed E-state index contributed by atoms with van der Waals surface area (Å²) in [5.41, 5.74) is 1.62. The van der Waals surface area contributed by atoms with Gasteiger partial charge in [-0.2, -0.15) is 0 Å². The molecule has 0 radical (unpaired) electrons. The number of benzene rings is 1. The molecule has 6 heteroatoms. The molecule has 0 atom stereocenters. The van der Waals surface area contributed by atoms with Gasteiger partial charge in [0.05, 0.1) is 18.5 Å². The summed E-state index contributed by atoms with van der Waals surface area (Å²) in [5, 5.41) is 4.70. The third-order valence-electron chi connectivity index (χ3n) is 4.62. The molecular formula is C24H28N2O3S. The van der Waals surface area contributed by atoms with Gasteiger partial charge < -0.3 is 14.8 Å². The van der Waals surface area contributed by atoms with Crippen molar-refractivity contribution < 1.29 is 14.3 Å². The summed E-state index contributed by atoms with van der Waals surface area (Å²) in [7, 11) is 0. The lowest BCUT2D eigenvalue weighted by molar-refractivity contribution is 0.102. The monoisotopic (exact) mass is 424 g/mol. The van der Waals surface area contributed by atoms with Crippen molar-refractivity contribution in [2.24, 2.45) is 0 Å². The van der Waals surface area contributed by atoms with E-state index in [4.69, 9.17) is 9.47 Å². The number of aromatic nitrogens is 1. The summed E-state index contributed by atoms with van der Waals surface area (Å²) in [6.07, 6.45) is 9.30. The van der Waals surface area contributed by atoms with E-state index in [0.29, 0.717) is 29.5 Å². The number of anilines is 1. The van der Waals surface area contributed by atoms with E-state index in [9.17, 15) is 4.79 Å². The predicted molar refractivity (Wildman–Crippen MR) is 122 cm³/mol. The number of amides is 1. The van der Waals surface area contributed by atoms with Crippen molar-refractivity contribution in [2.45, 2.75) is 45.6 Å². The molecule has 30 heavy (non-hydrogen) atoms. The Morgan fingerprint density at radius 2 is 1.87 bits per heavy atom. The fourth-order valence-corrected chi connectivity index (χ4v) is 3.74. The number of rotatable bonds is 12. The summed E-state index contributed by atoms with van der Waals surface area (Å²) in [6.45, 7) is 3.27. The van der Waals surface area contributed by atoms with E-state index < -0.39 is 0 Å². The second-order valence-corrected chi connectivity index (χ2v) is 7.88. The van der Waals surface area contributed by atoms with Gasteiger partial charge in [-0.05, 0) is 36.1 Å². The Bertz CT molecular complexity index is 912. The van der Waals surface area contributed by atoms with E-state index in [0.717, 1.165) is 17.7 Å². The van der Waals surface area contributed by atoms with Crippen molar-refractivity contribution in [2.75, 3.05) is 11.9 Å². The number of carbonyl (C=O) groups is 1. The maximum atomic E-state index is 12.6. The number of pyridine rings is 1. The van der Waals surface area contributed by atoms with Crippen LogP contribution in [0.3, 0.4) is 0 Å². The molecule has 0 spiro atoms. The number of thiophene rings is 1. The molecule has 0 saturated carbocycles. The normalized spacial score (nSPS) is 10.6. The fraction of sp³-hybridized carbons (Fsp3) is 0.333. The second kappa shape index (κ2) is 12.0. The molecule has 1 aromatic carbocycles. The van der Waals surface area contributed by atoms with Gasteiger partial charge in [0.15, 0.2) is 0 Å². The molecule has 0 aliphatic heterocycles. The molecule has 3 rings (SSSR count). The van der Waals surface area contributed by atoms with E-state index in [1.54, 1.807) is 24.5 Å². The van der Waals surface area contributed by atoms with Crippen LogP contribution in [0.2, 0.25) is 0 Å². The topological polar surface area (TPSA) is 60.5 Å². The van der Waals surface area contributed by atoms with Crippen LogP contribution in [0.4, 0.5) is 5.69 Å². The van der Waals surface area contributed by atoms with Crippen LogP contribution in [0.25, 0.3) is 0 Å². The molecule has 158 valence electrons. The van der Waals surface area contributed by atoms with Gasteiger partial charge in [0.2, 0.25) is 0 Å². The number of ether oxygens (including phenoxy) is 2. The molecule has 3 aromatic rings. The minimum atomic E-state index is -0.204. The Labute approximate surface area is 182 Å². The van der Waals surface area contributed by atoms with Gasteiger partial charge in [-0.15, -0.1) is 11.3 Å². The first-order chi connectivity index (χ1) is 14.8. The van der Waals surface area contributed by atoms with Gasteiger partial charge in [-0.25, -0.2) is 0 Å². The SMILES string of the molecule is CCCCCCCOc1ccccc1COc1ccsc1C(=O)Nc1cccnc1. The molecule has 0 aliphatic carbocycles. The number of unbranched alkanes of at least 4 members (excludes halogenated alkanes) is 4. The third-order valence-corrected chi connectivity index (χ3v) is 5.51. The number of carbonyl (C=O) groups excluding carboxylic acids is 1. The fourth-order valence-electron chi connectivity index (χ4n) is 3.01. The number of nitrogens with one attached hydrogen (secondary N) is 1. The summed E-state index contributed by atoms with van der Waals surface area (Å²) in [6, 6.07) is 13.3. The molecule has 0 unspecified atom stereocenters. The summed E-state index contributed by atoms with van der Waals surface area (Å²) >= 11 is 1.35. The first-order valence-electron chi connectivity index (χ1n) is 10.4. The van der Waals surface area contributed by atoms with Gasteiger partial charge >= 0.3 is 0 Å². The van der Waals surface area contributed by atoms with E-state index in [2.05, 4.69) is 17.2 Å². The highest BCUT2D eigenvalue weighted by molar-refractivity contribution is 7.12. The van der Waals surface area contributed by atoms with E-state index in [1.807, 2.05) is 35.7 Å². The second-order valence-electron chi connectivity index (χ2n) is 6.97. The number of nitrogens with zero attached hydrogens (tertiary/aromatic N) is 1. The van der Waals surface area contributed by atoms with Crippen LogP contribution >= 0.6 is 11.3 Å². The van der Waals surface area contributed by atoms with Crippen LogP contribution in [0, 0.1) is 0 Å². The molecule has 0 aliphatic rings. The van der Waals surface area contributed by atoms with Crippen LogP contribution in [-0.2, 0) is 6.61 Å². The number of hydrogen-bond donors (Lipinski definition) is 1. The average Bonchev–Trinajstić information content (AvgIpc) is 3.25. The minimum absolute atomic E-state index is 0.204. The minimum Gasteiger partial charge on any atom is -0.493 e. The summed E-state index contributed by atoms with van der Waals surface area (Å²) in [5.74, 6) is 1.20. The van der Waals surface area contributed by atoms with Gasteiger partial charge in [-0.3, -0.25) is 9.78 Å². The van der Waals surface area contributed by atoms with Crippen LogP contribution in [0.15, 0.2) is 60.2 Å². The number of para-hydroxylation sites is 1. The molecule has 2 heterocycles. The van der Waals surface area contributed by atoms with Crippen molar-refractivity contribution in [3.05, 3.63) is 70.7 Å². The standard InChI is InChI=1S/C24H28N2O3S/c1-2-3-4-5-8-15-28-21-12-7-6-10-19(21)18-29-22-13-16-30-23(22)24(27)26-20-11-9-14-25-17-20/h6-7,9-14,16-17H,2-5,8,15,18H2,1H3,(H,26,27). The highest BCUT2D eigenvalue weighted by Gasteiger charge is 2.15. The van der Waals surface area contributed by atoms with E-state index in [-0.39, 0.29) is 5.91 Å². The van der Waals surface area contributed by atoms with Gasteiger partial charge in [-0.1, -0.05) is 50.8 Å². The third kappa shape index (κ3) is 6.59. The molecule has 2 aromatic heterocycles. The zero-order valence-corrected chi connectivity index (χ0v) is 18.1. The van der Waals surface area contributed by atoms with Crippen LogP contribution in [0.5, 0.6) is 11.5 Å². The van der Waals surface area contributed by atoms with E-state index >= 15 is 0 Å². The first-order valence-corrected chi connectivity index (χ1v) is 11.3. The zero-order valence-electron chi connectivity index (χ0n) is 17.3. The smallest absolute Gasteiger partial charge is 0.269 e. The zero-order chi connectivity index (χ0) is 21.0. The van der Waals surface area contributed by atoms with Crippen molar-refractivity contribution in [1.82, 2.24) is 4.98 Å². The molecule has 1 N–H and O–H groups in total. The lowest BCUT2D eigenvalue weighted by Crippen LogP contribution is -2.12. The molecule has 0 fully saturated rings. The average molecular weight is 425 g/mol. The summed E-state index contributed by atoms with van der Waals surface area (Å²) < 4.78 is 12.0. The van der Waals surface area contributed by atoms with Crippen LogP contribution in [0.1, 0.15) is 54.3 Å². The highest BCUT2D eigenvalue weighted by Crippen LogP contribution is 2.28. The lowest BCUT2D eigenvalue weighted by Gasteiger charge is -2.13. The van der Waals surface area contributed by atoms with Crippen molar-refractivity contribution in [1.29, 1.82) is 0 Å². The largest absolute Gasteiger partial charge is 0.493 e. The summed E-state index contributed by atoms with van der Waals surface area (Å²) in [4.78, 5) is 17.1. The number of hydrogen-bond acceptors (Lipinski definition) is 5. The van der Waals surface area contributed by atoms with Crippen LogP contribution in [-0.4, -0.2) is 17.5 Å². The lowest BCUT2D eigenvalue weighted by atomic mass is 10.1. The molecule has 0 bridgehead atoms. The molecule has 1 amide bonds. The van der Waals surface area contributed by atoms with Crippen molar-refractivity contribution in [3.63, 3.8) is 0 Å². The Balaban J connectivity index is 1.55. The van der Waals surface area contributed by atoms with Gasteiger partial charge in [0.1, 0.15) is 23.0 Å². The Hall–Kier alpha value is -2.86. The quantitative estimate of drug-likeness (QED) is 0.345. The predicted octanol–water partition coefficient (Wildman–Crippen LogP) is 6.32. The Morgan fingerprint density at radius 3 is 2.70 bits per heavy atom. The van der Waals surface area contributed by atoms with Gasteiger partial charge in [0.25, 0.3) is 5.91 Å². The van der Waals surface area contributed by atoms with Crippen molar-refractivity contribution >= 4 is 22.9 Å². The maximum Gasteiger partial charge on any atom is 0.269 e. The van der Waals surface area contributed by atoms with Crippen LogP contribution < -0.4 is 14.8 Å². The van der Waals surface area contributed by atoms with Crippen molar-refractivity contribution in [3.8, 4) is 11.5 Å². The van der Waals surface area contributed by atoms with Gasteiger partial charge in [0, 0.05) is 11.8 Å². The molecule has 5 nitrogen and oxygen atoms in total. The Morgan fingerprint density at radius 1 is 1.00 bits per heavy atom. The molecule has 0 saturated heterocycles. The maximum absolute atomic E-state index is 12.6.